The summed E-state index contributed by atoms with van der Waals surface area (Å²) < 4.78 is 5.17. The lowest BCUT2D eigenvalue weighted by atomic mass is 10.0. The Balaban J connectivity index is 1.65. The molecule has 0 aliphatic rings. The van der Waals surface area contributed by atoms with Crippen LogP contribution in [0.25, 0.3) is 11.1 Å². The molecular weight excluding hydrogens is 312 g/mol. The van der Waals surface area contributed by atoms with Crippen molar-refractivity contribution in [3.63, 3.8) is 0 Å². The molecule has 3 rings (SSSR count). The molecule has 0 saturated heterocycles. The second-order valence-corrected chi connectivity index (χ2v) is 5.39. The third kappa shape index (κ3) is 4.12. The van der Waals surface area contributed by atoms with Crippen LogP contribution in [-0.2, 0) is 0 Å². The Hall–Kier alpha value is -3.40. The topological polar surface area (TPSA) is 50.7 Å². The minimum Gasteiger partial charge on any atom is -0.496 e. The number of hydrogen-bond donors (Lipinski definition) is 1. The Kier molecular flexibility index (Phi) is 5.22. The fourth-order valence-corrected chi connectivity index (χ4v) is 2.45. The van der Waals surface area contributed by atoms with Crippen molar-refractivity contribution in [1.29, 1.82) is 0 Å². The van der Waals surface area contributed by atoms with Crippen LogP contribution in [0, 0.1) is 0 Å². The molecule has 0 atom stereocenters. The lowest BCUT2D eigenvalue weighted by Crippen LogP contribution is -2.18. The zero-order chi connectivity index (χ0) is 17.5. The molecule has 0 saturated carbocycles. The van der Waals surface area contributed by atoms with Gasteiger partial charge in [-0.2, -0.15) is 5.10 Å². The summed E-state index contributed by atoms with van der Waals surface area (Å²) in [7, 11) is 1.53. The minimum atomic E-state index is -0.311. The number of nitrogens with one attached hydrogen (secondary N) is 1. The van der Waals surface area contributed by atoms with Gasteiger partial charge in [-0.15, -0.1) is 0 Å². The Morgan fingerprint density at radius 2 is 1.52 bits per heavy atom. The van der Waals surface area contributed by atoms with E-state index >= 15 is 0 Å². The zero-order valence-corrected chi connectivity index (χ0v) is 13.8. The molecule has 4 heteroatoms. The number of para-hydroxylation sites is 1. The van der Waals surface area contributed by atoms with E-state index in [-0.39, 0.29) is 5.91 Å². The first-order chi connectivity index (χ1) is 12.3. The SMILES string of the molecule is COc1ccccc1C(=O)NN=Cc1ccc(-c2ccccc2)cc1. The molecular formula is C21H18N2O2. The van der Waals surface area contributed by atoms with Crippen molar-refractivity contribution in [2.24, 2.45) is 5.10 Å². The number of carbonyl (C=O) groups excluding carboxylic acids is 1. The summed E-state index contributed by atoms with van der Waals surface area (Å²) in [6.45, 7) is 0. The van der Waals surface area contributed by atoms with Gasteiger partial charge in [-0.05, 0) is 28.8 Å². The number of hydrazone groups is 1. The van der Waals surface area contributed by atoms with E-state index in [1.165, 1.54) is 7.11 Å². The number of benzene rings is 3. The fourth-order valence-electron chi connectivity index (χ4n) is 2.45. The summed E-state index contributed by atoms with van der Waals surface area (Å²) in [5.74, 6) is 0.206. The Labute approximate surface area is 146 Å². The molecule has 0 aromatic heterocycles. The quantitative estimate of drug-likeness (QED) is 0.565. The van der Waals surface area contributed by atoms with Gasteiger partial charge in [0.1, 0.15) is 5.75 Å². The smallest absolute Gasteiger partial charge is 0.275 e. The standard InChI is InChI=1S/C21H18N2O2/c1-25-20-10-6-5-9-19(20)21(24)23-22-15-16-11-13-18(14-12-16)17-7-3-2-4-8-17/h2-15H,1H3,(H,23,24). The monoisotopic (exact) mass is 330 g/mol. The summed E-state index contributed by atoms with van der Waals surface area (Å²) in [6, 6.07) is 25.1. The number of ether oxygens (including phenoxy) is 1. The van der Waals surface area contributed by atoms with Crippen molar-refractivity contribution in [2.45, 2.75) is 0 Å². The highest BCUT2D eigenvalue weighted by atomic mass is 16.5. The molecule has 0 fully saturated rings. The van der Waals surface area contributed by atoms with E-state index in [4.69, 9.17) is 4.74 Å². The summed E-state index contributed by atoms with van der Waals surface area (Å²) in [6.07, 6.45) is 1.61. The number of rotatable bonds is 5. The van der Waals surface area contributed by atoms with Gasteiger partial charge in [-0.1, -0.05) is 66.7 Å². The molecule has 1 amide bonds. The molecule has 3 aromatic carbocycles. The third-order valence-electron chi connectivity index (χ3n) is 3.75. The highest BCUT2D eigenvalue weighted by molar-refractivity contribution is 5.97. The van der Waals surface area contributed by atoms with Gasteiger partial charge in [-0.25, -0.2) is 5.43 Å². The second kappa shape index (κ2) is 7.93. The van der Waals surface area contributed by atoms with E-state index in [9.17, 15) is 4.79 Å². The largest absolute Gasteiger partial charge is 0.496 e. The van der Waals surface area contributed by atoms with E-state index in [0.717, 1.165) is 16.7 Å². The van der Waals surface area contributed by atoms with Crippen LogP contribution in [0.3, 0.4) is 0 Å². The highest BCUT2D eigenvalue weighted by Crippen LogP contribution is 2.19. The van der Waals surface area contributed by atoms with Gasteiger partial charge in [0.2, 0.25) is 0 Å². The highest BCUT2D eigenvalue weighted by Gasteiger charge is 2.09. The lowest BCUT2D eigenvalue weighted by molar-refractivity contribution is 0.0952. The van der Waals surface area contributed by atoms with Crippen molar-refractivity contribution in [1.82, 2.24) is 5.43 Å². The Bertz CT molecular complexity index is 872. The second-order valence-electron chi connectivity index (χ2n) is 5.39. The van der Waals surface area contributed by atoms with E-state index in [2.05, 4.69) is 22.7 Å². The Morgan fingerprint density at radius 3 is 2.24 bits per heavy atom. The van der Waals surface area contributed by atoms with Crippen LogP contribution in [0.4, 0.5) is 0 Å². The van der Waals surface area contributed by atoms with Crippen LogP contribution in [0.5, 0.6) is 5.75 Å². The maximum Gasteiger partial charge on any atom is 0.275 e. The third-order valence-corrected chi connectivity index (χ3v) is 3.75. The van der Waals surface area contributed by atoms with Crippen LogP contribution in [0.1, 0.15) is 15.9 Å². The van der Waals surface area contributed by atoms with Gasteiger partial charge < -0.3 is 4.74 Å². The molecule has 25 heavy (non-hydrogen) atoms. The van der Waals surface area contributed by atoms with Gasteiger partial charge in [0.05, 0.1) is 18.9 Å². The van der Waals surface area contributed by atoms with E-state index in [1.54, 1.807) is 24.4 Å². The van der Waals surface area contributed by atoms with Gasteiger partial charge in [0.25, 0.3) is 5.91 Å². The van der Waals surface area contributed by atoms with Gasteiger partial charge in [0.15, 0.2) is 0 Å². The first-order valence-corrected chi connectivity index (χ1v) is 7.90. The number of methoxy groups -OCH3 is 1. The normalized spacial score (nSPS) is 10.6. The molecule has 0 unspecified atom stereocenters. The molecule has 0 radical (unpaired) electrons. The molecule has 0 heterocycles. The molecule has 0 aliphatic heterocycles. The predicted octanol–water partition coefficient (Wildman–Crippen LogP) is 4.13. The maximum atomic E-state index is 12.1. The van der Waals surface area contributed by atoms with Crippen molar-refractivity contribution in [3.05, 3.63) is 90.0 Å². The number of amides is 1. The molecule has 0 aliphatic carbocycles. The number of hydrogen-bond acceptors (Lipinski definition) is 3. The van der Waals surface area contributed by atoms with Crippen molar-refractivity contribution < 1.29 is 9.53 Å². The first kappa shape index (κ1) is 16.5. The van der Waals surface area contributed by atoms with Gasteiger partial charge in [-0.3, -0.25) is 4.79 Å². The van der Waals surface area contributed by atoms with Crippen LogP contribution in [0.15, 0.2) is 84.0 Å². The molecule has 124 valence electrons. The average Bonchev–Trinajstić information content (AvgIpc) is 2.69. The summed E-state index contributed by atoms with van der Waals surface area (Å²) in [5.41, 5.74) is 6.17. The molecule has 4 nitrogen and oxygen atoms in total. The van der Waals surface area contributed by atoms with Gasteiger partial charge >= 0.3 is 0 Å². The number of carbonyl (C=O) groups is 1. The van der Waals surface area contributed by atoms with Gasteiger partial charge in [0, 0.05) is 0 Å². The van der Waals surface area contributed by atoms with Crippen LogP contribution in [-0.4, -0.2) is 19.2 Å². The zero-order valence-electron chi connectivity index (χ0n) is 13.8. The summed E-state index contributed by atoms with van der Waals surface area (Å²) in [5, 5.41) is 4.02. The maximum absolute atomic E-state index is 12.1. The van der Waals surface area contributed by atoms with Crippen molar-refractivity contribution in [2.75, 3.05) is 7.11 Å². The van der Waals surface area contributed by atoms with Crippen molar-refractivity contribution in [3.8, 4) is 16.9 Å². The fraction of sp³-hybridized carbons (Fsp3) is 0.0476. The van der Waals surface area contributed by atoms with E-state index < -0.39 is 0 Å². The van der Waals surface area contributed by atoms with E-state index in [0.29, 0.717) is 11.3 Å². The van der Waals surface area contributed by atoms with E-state index in [1.807, 2.05) is 48.5 Å². The van der Waals surface area contributed by atoms with Crippen molar-refractivity contribution >= 4 is 12.1 Å². The van der Waals surface area contributed by atoms with Crippen LogP contribution < -0.4 is 10.2 Å². The lowest BCUT2D eigenvalue weighted by Gasteiger charge is -2.06. The predicted molar refractivity (Wildman–Crippen MR) is 99.9 cm³/mol. The molecule has 0 bridgehead atoms. The Morgan fingerprint density at radius 1 is 0.880 bits per heavy atom. The molecule has 1 N–H and O–H groups in total. The van der Waals surface area contributed by atoms with Crippen LogP contribution >= 0.6 is 0 Å². The molecule has 3 aromatic rings. The number of nitrogens with zero attached hydrogens (tertiary/aromatic N) is 1. The average molecular weight is 330 g/mol. The molecule has 0 spiro atoms. The first-order valence-electron chi connectivity index (χ1n) is 7.90. The minimum absolute atomic E-state index is 0.311. The van der Waals surface area contributed by atoms with Crippen LogP contribution in [0.2, 0.25) is 0 Å². The summed E-state index contributed by atoms with van der Waals surface area (Å²) in [4.78, 5) is 12.1. The summed E-state index contributed by atoms with van der Waals surface area (Å²) >= 11 is 0.